The van der Waals surface area contributed by atoms with Crippen LogP contribution < -0.4 is 5.32 Å². The van der Waals surface area contributed by atoms with Crippen LogP contribution in [0.5, 0.6) is 11.5 Å². The summed E-state index contributed by atoms with van der Waals surface area (Å²) < 4.78 is 0. The van der Waals surface area contributed by atoms with Crippen LogP contribution in [-0.2, 0) is 0 Å². The van der Waals surface area contributed by atoms with E-state index in [1.165, 1.54) is 37.5 Å². The van der Waals surface area contributed by atoms with Crippen LogP contribution in [0.3, 0.4) is 0 Å². The molecule has 3 N–H and O–H groups in total. The molecule has 2 unspecified atom stereocenters. The zero-order chi connectivity index (χ0) is 13.8. The Labute approximate surface area is 113 Å². The van der Waals surface area contributed by atoms with Crippen LogP contribution in [0.1, 0.15) is 43.0 Å². The number of amides is 1. The van der Waals surface area contributed by atoms with E-state index in [0.717, 1.165) is 6.42 Å². The summed E-state index contributed by atoms with van der Waals surface area (Å²) in [7, 11) is 0. The van der Waals surface area contributed by atoms with Crippen LogP contribution in [0, 0.1) is 11.8 Å². The normalized spacial score (nSPS) is 23.0. The molecule has 1 aromatic carbocycles. The van der Waals surface area contributed by atoms with Crippen LogP contribution in [0.4, 0.5) is 0 Å². The average molecular weight is 263 g/mol. The predicted molar refractivity (Wildman–Crippen MR) is 73.2 cm³/mol. The Hall–Kier alpha value is -1.71. The van der Waals surface area contributed by atoms with Crippen molar-refractivity contribution in [2.45, 2.75) is 32.6 Å². The molecule has 4 heteroatoms. The van der Waals surface area contributed by atoms with Crippen LogP contribution in [0.25, 0.3) is 0 Å². The number of phenols is 2. The number of phenolic OH excluding ortho intramolecular Hbond substituents is 2. The second-order valence-corrected chi connectivity index (χ2v) is 5.40. The van der Waals surface area contributed by atoms with Gasteiger partial charge in [0.05, 0.1) is 0 Å². The molecular weight excluding hydrogens is 242 g/mol. The Kier molecular flexibility index (Phi) is 4.30. The molecule has 1 amide bonds. The zero-order valence-corrected chi connectivity index (χ0v) is 11.2. The van der Waals surface area contributed by atoms with Gasteiger partial charge in [0.2, 0.25) is 0 Å². The largest absolute Gasteiger partial charge is 0.507 e. The van der Waals surface area contributed by atoms with Crippen molar-refractivity contribution in [1.29, 1.82) is 0 Å². The third-order valence-electron chi connectivity index (χ3n) is 4.06. The number of aromatic hydroxyl groups is 2. The Bertz CT molecular complexity index is 438. The molecule has 0 saturated heterocycles. The molecule has 1 saturated carbocycles. The van der Waals surface area contributed by atoms with E-state index in [1.54, 1.807) is 0 Å². The topological polar surface area (TPSA) is 69.6 Å². The van der Waals surface area contributed by atoms with Crippen LogP contribution in [0.15, 0.2) is 18.2 Å². The van der Waals surface area contributed by atoms with Crippen molar-refractivity contribution in [3.8, 4) is 11.5 Å². The van der Waals surface area contributed by atoms with Gasteiger partial charge in [-0.2, -0.15) is 0 Å². The Morgan fingerprint density at radius 2 is 1.89 bits per heavy atom. The maximum Gasteiger partial charge on any atom is 0.258 e. The highest BCUT2D eigenvalue weighted by Crippen LogP contribution is 2.30. The number of carbonyl (C=O) groups is 1. The number of carbonyl (C=O) groups excluding carboxylic acids is 1. The molecule has 0 aliphatic heterocycles. The lowest BCUT2D eigenvalue weighted by atomic mass is 9.80. The first-order valence-corrected chi connectivity index (χ1v) is 6.88. The zero-order valence-electron chi connectivity index (χ0n) is 11.2. The molecule has 1 aliphatic rings. The first-order valence-electron chi connectivity index (χ1n) is 6.88. The Morgan fingerprint density at radius 1 is 1.26 bits per heavy atom. The standard InChI is InChI=1S/C15H21NO3/c1-10-5-2-3-6-11(10)9-16-15(19)14-12(17)7-4-8-13(14)18/h4,7-8,10-11,17-18H,2-3,5-6,9H2,1H3,(H,16,19). The van der Waals surface area contributed by atoms with Gasteiger partial charge in [-0.25, -0.2) is 0 Å². The van der Waals surface area contributed by atoms with Crippen molar-refractivity contribution in [2.24, 2.45) is 11.8 Å². The third kappa shape index (κ3) is 3.19. The first-order chi connectivity index (χ1) is 9.09. The summed E-state index contributed by atoms with van der Waals surface area (Å²) in [5, 5.41) is 22.1. The molecule has 104 valence electrons. The van der Waals surface area contributed by atoms with Gasteiger partial charge >= 0.3 is 0 Å². The fraction of sp³-hybridized carbons (Fsp3) is 0.533. The van der Waals surface area contributed by atoms with E-state index in [0.29, 0.717) is 18.4 Å². The minimum atomic E-state index is -0.409. The molecule has 1 aromatic rings. The van der Waals surface area contributed by atoms with Gasteiger partial charge in [0, 0.05) is 6.54 Å². The van der Waals surface area contributed by atoms with Crippen molar-refractivity contribution < 1.29 is 15.0 Å². The monoisotopic (exact) mass is 263 g/mol. The van der Waals surface area contributed by atoms with Gasteiger partial charge in [0.25, 0.3) is 5.91 Å². The SMILES string of the molecule is CC1CCCCC1CNC(=O)c1c(O)cccc1O. The lowest BCUT2D eigenvalue weighted by Crippen LogP contribution is -2.33. The number of hydrogen-bond acceptors (Lipinski definition) is 3. The van der Waals surface area contributed by atoms with Gasteiger partial charge in [0.1, 0.15) is 17.1 Å². The van der Waals surface area contributed by atoms with Crippen molar-refractivity contribution in [3.63, 3.8) is 0 Å². The lowest BCUT2D eigenvalue weighted by Gasteiger charge is -2.28. The summed E-state index contributed by atoms with van der Waals surface area (Å²) in [4.78, 5) is 12.0. The Balaban J connectivity index is 1.97. The average Bonchev–Trinajstić information content (AvgIpc) is 2.37. The number of nitrogens with one attached hydrogen (secondary N) is 1. The molecule has 4 nitrogen and oxygen atoms in total. The smallest absolute Gasteiger partial charge is 0.258 e. The highest BCUT2D eigenvalue weighted by Gasteiger charge is 2.23. The number of rotatable bonds is 3. The van der Waals surface area contributed by atoms with E-state index < -0.39 is 5.91 Å². The molecule has 19 heavy (non-hydrogen) atoms. The molecule has 0 spiro atoms. The van der Waals surface area contributed by atoms with Crippen molar-refractivity contribution in [1.82, 2.24) is 5.32 Å². The summed E-state index contributed by atoms with van der Waals surface area (Å²) >= 11 is 0. The summed E-state index contributed by atoms with van der Waals surface area (Å²) in [6.45, 7) is 2.82. The summed E-state index contributed by atoms with van der Waals surface area (Å²) in [5.41, 5.74) is -0.0361. The van der Waals surface area contributed by atoms with Crippen molar-refractivity contribution >= 4 is 5.91 Å². The van der Waals surface area contributed by atoms with Crippen molar-refractivity contribution in [3.05, 3.63) is 23.8 Å². The molecule has 0 heterocycles. The quantitative estimate of drug-likeness (QED) is 0.785. The molecule has 1 aliphatic carbocycles. The maximum atomic E-state index is 12.0. The van der Waals surface area contributed by atoms with Gasteiger partial charge in [-0.1, -0.05) is 32.3 Å². The highest BCUT2D eigenvalue weighted by molar-refractivity contribution is 5.99. The minimum Gasteiger partial charge on any atom is -0.507 e. The molecule has 0 radical (unpaired) electrons. The third-order valence-corrected chi connectivity index (χ3v) is 4.06. The molecular formula is C15H21NO3. The fourth-order valence-corrected chi connectivity index (χ4v) is 2.77. The predicted octanol–water partition coefficient (Wildman–Crippen LogP) is 2.65. The first kappa shape index (κ1) is 13.7. The van der Waals surface area contributed by atoms with Gasteiger partial charge in [0.15, 0.2) is 0 Å². The Morgan fingerprint density at radius 3 is 2.53 bits per heavy atom. The minimum absolute atomic E-state index is 0.0361. The molecule has 2 rings (SSSR count). The van der Waals surface area contributed by atoms with E-state index in [-0.39, 0.29) is 17.1 Å². The van der Waals surface area contributed by atoms with Crippen LogP contribution >= 0.6 is 0 Å². The van der Waals surface area contributed by atoms with E-state index >= 15 is 0 Å². The molecule has 0 aromatic heterocycles. The van der Waals surface area contributed by atoms with Gasteiger partial charge < -0.3 is 15.5 Å². The van der Waals surface area contributed by atoms with Crippen molar-refractivity contribution in [2.75, 3.05) is 6.54 Å². The maximum absolute atomic E-state index is 12.0. The number of benzene rings is 1. The summed E-state index contributed by atoms with van der Waals surface area (Å²) in [6.07, 6.45) is 4.83. The van der Waals surface area contributed by atoms with Crippen LogP contribution in [-0.4, -0.2) is 22.7 Å². The summed E-state index contributed by atoms with van der Waals surface area (Å²) in [5.74, 6) is 0.328. The van der Waals surface area contributed by atoms with E-state index in [4.69, 9.17) is 0 Å². The fourth-order valence-electron chi connectivity index (χ4n) is 2.77. The summed E-state index contributed by atoms with van der Waals surface area (Å²) in [6, 6.07) is 4.31. The van der Waals surface area contributed by atoms with Gasteiger partial charge in [-0.3, -0.25) is 4.79 Å². The number of hydrogen-bond donors (Lipinski definition) is 3. The highest BCUT2D eigenvalue weighted by atomic mass is 16.3. The molecule has 2 atom stereocenters. The molecule has 1 fully saturated rings. The van der Waals surface area contributed by atoms with E-state index in [9.17, 15) is 15.0 Å². The van der Waals surface area contributed by atoms with Gasteiger partial charge in [-0.15, -0.1) is 0 Å². The van der Waals surface area contributed by atoms with Crippen LogP contribution in [0.2, 0.25) is 0 Å². The van der Waals surface area contributed by atoms with E-state index in [2.05, 4.69) is 12.2 Å². The van der Waals surface area contributed by atoms with Gasteiger partial charge in [-0.05, 0) is 30.4 Å². The second kappa shape index (κ2) is 5.95. The molecule has 0 bridgehead atoms. The second-order valence-electron chi connectivity index (χ2n) is 5.40. The van der Waals surface area contributed by atoms with E-state index in [1.807, 2.05) is 0 Å². The lowest BCUT2D eigenvalue weighted by molar-refractivity contribution is 0.0931.